The van der Waals surface area contributed by atoms with E-state index in [1.54, 1.807) is 13.8 Å². The topological polar surface area (TPSA) is 91.5 Å². The number of rotatable bonds is 5. The van der Waals surface area contributed by atoms with Crippen LogP contribution in [0.25, 0.3) is 10.9 Å². The SMILES string of the molecule is Cc1nc(N[C@H](C)c2cc(N)cc(C(F)(F)F)c2)c2cc(O[C@H]3CCOC3)c3c(c2n1)OCC3. The Morgan fingerprint density at radius 1 is 1.18 bits per heavy atom. The zero-order chi connectivity index (χ0) is 24.0. The standard InChI is InChI=1S/C24H25F3N4O3/c1-12(14-7-15(24(25,26)27)9-16(28)8-14)29-23-19-10-20(34-17-3-5-32-11-17)18-4-6-33-22(18)21(19)30-13(2)31-23/h7-10,12,17H,3-6,11,28H2,1-2H3,(H,29,30,31)/t12-,17+/m1/s1. The lowest BCUT2D eigenvalue weighted by Crippen LogP contribution is -2.17. The van der Waals surface area contributed by atoms with Crippen LogP contribution in [0.4, 0.5) is 24.7 Å². The van der Waals surface area contributed by atoms with Crippen LogP contribution in [0.5, 0.6) is 11.5 Å². The number of nitrogen functional groups attached to an aromatic ring is 1. The number of nitrogens with two attached hydrogens (primary N) is 1. The number of aryl methyl sites for hydroxylation is 1. The molecule has 1 fully saturated rings. The number of nitrogens with zero attached hydrogens (tertiary/aromatic N) is 2. The van der Waals surface area contributed by atoms with E-state index in [9.17, 15) is 13.2 Å². The molecule has 2 atom stereocenters. The van der Waals surface area contributed by atoms with E-state index in [2.05, 4.69) is 15.3 Å². The van der Waals surface area contributed by atoms with Crippen LogP contribution in [-0.2, 0) is 17.3 Å². The number of nitrogens with one attached hydrogen (secondary N) is 1. The van der Waals surface area contributed by atoms with Crippen LogP contribution in [0.15, 0.2) is 24.3 Å². The fourth-order valence-corrected chi connectivity index (χ4v) is 4.39. The van der Waals surface area contributed by atoms with Gasteiger partial charge >= 0.3 is 6.18 Å². The molecular weight excluding hydrogens is 449 g/mol. The maximum Gasteiger partial charge on any atom is 0.416 e. The average Bonchev–Trinajstić information content (AvgIpc) is 3.45. The van der Waals surface area contributed by atoms with Crippen LogP contribution in [0.1, 0.15) is 41.9 Å². The van der Waals surface area contributed by atoms with Gasteiger partial charge in [-0.3, -0.25) is 0 Å². The summed E-state index contributed by atoms with van der Waals surface area (Å²) in [5, 5.41) is 3.92. The Kier molecular flexibility index (Phi) is 5.63. The van der Waals surface area contributed by atoms with E-state index in [4.69, 9.17) is 19.9 Å². The molecule has 1 saturated heterocycles. The van der Waals surface area contributed by atoms with Crippen molar-refractivity contribution in [2.75, 3.05) is 30.9 Å². The molecule has 0 saturated carbocycles. The van der Waals surface area contributed by atoms with Crippen LogP contribution in [0.3, 0.4) is 0 Å². The molecule has 180 valence electrons. The highest BCUT2D eigenvalue weighted by molar-refractivity contribution is 5.96. The number of fused-ring (bicyclic) bond motifs is 3. The first kappa shape index (κ1) is 22.5. The first-order valence-electron chi connectivity index (χ1n) is 11.1. The predicted octanol–water partition coefficient (Wildman–Crippen LogP) is 4.81. The zero-order valence-corrected chi connectivity index (χ0v) is 18.8. The fourth-order valence-electron chi connectivity index (χ4n) is 4.39. The Bertz CT molecular complexity index is 1240. The maximum absolute atomic E-state index is 13.3. The average molecular weight is 474 g/mol. The summed E-state index contributed by atoms with van der Waals surface area (Å²) in [5.41, 5.74) is 7.02. The summed E-state index contributed by atoms with van der Waals surface area (Å²) in [6, 6.07) is 4.93. The summed E-state index contributed by atoms with van der Waals surface area (Å²) in [7, 11) is 0. The van der Waals surface area contributed by atoms with Crippen LogP contribution < -0.4 is 20.5 Å². The van der Waals surface area contributed by atoms with Crippen LogP contribution >= 0.6 is 0 Å². The first-order valence-corrected chi connectivity index (χ1v) is 11.1. The largest absolute Gasteiger partial charge is 0.491 e. The van der Waals surface area contributed by atoms with Crippen molar-refractivity contribution in [3.63, 3.8) is 0 Å². The Balaban J connectivity index is 1.55. The van der Waals surface area contributed by atoms with Gasteiger partial charge in [0.2, 0.25) is 0 Å². The summed E-state index contributed by atoms with van der Waals surface area (Å²) in [5.74, 6) is 2.36. The molecule has 0 amide bonds. The van der Waals surface area contributed by atoms with Gasteiger partial charge in [-0.1, -0.05) is 0 Å². The molecule has 0 unspecified atom stereocenters. The molecule has 2 aliphatic rings. The van der Waals surface area contributed by atoms with Crippen LogP contribution in [-0.4, -0.2) is 35.9 Å². The molecule has 0 bridgehead atoms. The summed E-state index contributed by atoms with van der Waals surface area (Å²) in [6.45, 7) is 5.23. The van der Waals surface area contributed by atoms with Crippen molar-refractivity contribution in [1.82, 2.24) is 9.97 Å². The summed E-state index contributed by atoms with van der Waals surface area (Å²) in [6.07, 6.45) is -3.02. The molecule has 2 aromatic carbocycles. The third kappa shape index (κ3) is 4.29. The maximum atomic E-state index is 13.3. The zero-order valence-electron chi connectivity index (χ0n) is 18.8. The molecule has 0 radical (unpaired) electrons. The molecule has 3 aromatic rings. The highest BCUT2D eigenvalue weighted by atomic mass is 19.4. The van der Waals surface area contributed by atoms with Crippen molar-refractivity contribution in [3.05, 3.63) is 46.8 Å². The first-order chi connectivity index (χ1) is 16.2. The Morgan fingerprint density at radius 2 is 2.00 bits per heavy atom. The lowest BCUT2D eigenvalue weighted by atomic mass is 10.0. The van der Waals surface area contributed by atoms with Crippen molar-refractivity contribution in [2.24, 2.45) is 0 Å². The third-order valence-corrected chi connectivity index (χ3v) is 6.06. The van der Waals surface area contributed by atoms with Gasteiger partial charge in [-0.2, -0.15) is 13.2 Å². The highest BCUT2D eigenvalue weighted by Crippen LogP contribution is 2.43. The van der Waals surface area contributed by atoms with Gasteiger partial charge in [-0.15, -0.1) is 0 Å². The smallest absolute Gasteiger partial charge is 0.416 e. The molecule has 3 N–H and O–H groups in total. The van der Waals surface area contributed by atoms with Gasteiger partial charge in [0.25, 0.3) is 0 Å². The molecule has 0 aliphatic carbocycles. The van der Waals surface area contributed by atoms with Crippen molar-refractivity contribution in [1.29, 1.82) is 0 Å². The quantitative estimate of drug-likeness (QED) is 0.513. The molecule has 3 heterocycles. The second kappa shape index (κ2) is 8.50. The molecule has 34 heavy (non-hydrogen) atoms. The third-order valence-electron chi connectivity index (χ3n) is 6.06. The number of ether oxygens (including phenoxy) is 3. The Hall–Kier alpha value is -3.27. The molecule has 2 aliphatic heterocycles. The number of aromatic nitrogens is 2. The molecule has 10 heteroatoms. The van der Waals surface area contributed by atoms with E-state index in [0.29, 0.717) is 65.8 Å². The number of anilines is 2. The summed E-state index contributed by atoms with van der Waals surface area (Å²) < 4.78 is 57.5. The van der Waals surface area contributed by atoms with E-state index in [-0.39, 0.29) is 11.8 Å². The van der Waals surface area contributed by atoms with Crippen molar-refractivity contribution in [3.8, 4) is 11.5 Å². The van der Waals surface area contributed by atoms with E-state index in [0.717, 1.165) is 24.1 Å². The summed E-state index contributed by atoms with van der Waals surface area (Å²) >= 11 is 0. The van der Waals surface area contributed by atoms with E-state index in [1.807, 2.05) is 6.07 Å². The lowest BCUT2D eigenvalue weighted by molar-refractivity contribution is -0.137. The lowest BCUT2D eigenvalue weighted by Gasteiger charge is -2.20. The van der Waals surface area contributed by atoms with E-state index in [1.165, 1.54) is 6.07 Å². The molecule has 1 aromatic heterocycles. The predicted molar refractivity (Wildman–Crippen MR) is 121 cm³/mol. The Morgan fingerprint density at radius 3 is 2.74 bits per heavy atom. The minimum absolute atomic E-state index is 0.0443. The van der Waals surface area contributed by atoms with Crippen molar-refractivity contribution in [2.45, 2.75) is 45.0 Å². The number of hydrogen-bond acceptors (Lipinski definition) is 7. The highest BCUT2D eigenvalue weighted by Gasteiger charge is 2.32. The molecule has 7 nitrogen and oxygen atoms in total. The van der Waals surface area contributed by atoms with E-state index < -0.39 is 17.8 Å². The molecule has 0 spiro atoms. The molecule has 5 rings (SSSR count). The van der Waals surface area contributed by atoms with Crippen LogP contribution in [0, 0.1) is 6.92 Å². The van der Waals surface area contributed by atoms with Gasteiger partial charge in [0.15, 0.2) is 5.75 Å². The summed E-state index contributed by atoms with van der Waals surface area (Å²) in [4.78, 5) is 9.14. The van der Waals surface area contributed by atoms with Gasteiger partial charge < -0.3 is 25.3 Å². The second-order valence-corrected chi connectivity index (χ2v) is 8.65. The number of benzene rings is 2. The van der Waals surface area contributed by atoms with Gasteiger partial charge in [-0.25, -0.2) is 9.97 Å². The van der Waals surface area contributed by atoms with Crippen molar-refractivity contribution < 1.29 is 27.4 Å². The number of hydrogen-bond donors (Lipinski definition) is 2. The van der Waals surface area contributed by atoms with Crippen LogP contribution in [0.2, 0.25) is 0 Å². The number of alkyl halides is 3. The van der Waals surface area contributed by atoms with Crippen molar-refractivity contribution >= 4 is 22.4 Å². The fraction of sp³-hybridized carbons (Fsp3) is 0.417. The van der Waals surface area contributed by atoms with Gasteiger partial charge in [-0.05, 0) is 43.7 Å². The molecular formula is C24H25F3N4O3. The number of halogens is 3. The monoisotopic (exact) mass is 474 g/mol. The van der Waals surface area contributed by atoms with Gasteiger partial charge in [0.05, 0.1) is 36.8 Å². The Labute approximate surface area is 194 Å². The van der Waals surface area contributed by atoms with Gasteiger partial charge in [0, 0.05) is 24.1 Å². The van der Waals surface area contributed by atoms with Gasteiger partial charge in [0.1, 0.15) is 29.0 Å². The van der Waals surface area contributed by atoms with E-state index >= 15 is 0 Å². The normalized spacial score (nSPS) is 18.6. The second-order valence-electron chi connectivity index (χ2n) is 8.65. The minimum Gasteiger partial charge on any atom is -0.491 e. The minimum atomic E-state index is -4.49.